The Bertz CT molecular complexity index is 2850. The number of fused-ring (bicyclic) bond motifs is 8. The van der Waals surface area contributed by atoms with Crippen molar-refractivity contribution >= 4 is 64.1 Å². The molecule has 0 aliphatic carbocycles. The molecule has 0 atom stereocenters. The fraction of sp³-hybridized carbons (Fsp3) is 0. The second-order valence-electron chi connectivity index (χ2n) is 12.1. The molecule has 0 bridgehead atoms. The van der Waals surface area contributed by atoms with E-state index in [4.69, 9.17) is 15.0 Å². The first-order valence-electron chi connectivity index (χ1n) is 16.0. The third kappa shape index (κ3) is 4.25. The number of hydrogen-bond donors (Lipinski definition) is 0. The summed E-state index contributed by atoms with van der Waals surface area (Å²) in [6.45, 7) is 0. The smallest absolute Gasteiger partial charge is 0.238 e. The lowest BCUT2D eigenvalue weighted by atomic mass is 10.0. The Morgan fingerprint density at radius 1 is 0.396 bits per heavy atom. The van der Waals surface area contributed by atoms with Crippen LogP contribution in [-0.4, -0.2) is 19.5 Å². The van der Waals surface area contributed by atoms with Gasteiger partial charge in [0.1, 0.15) is 0 Å². The summed E-state index contributed by atoms with van der Waals surface area (Å²) in [7, 11) is 0. The van der Waals surface area contributed by atoms with Crippen LogP contribution in [0.15, 0.2) is 158 Å². The molecule has 0 fully saturated rings. The molecule has 0 unspecified atom stereocenters. The van der Waals surface area contributed by atoms with Crippen molar-refractivity contribution in [2.75, 3.05) is 0 Å². The molecule has 0 N–H and O–H groups in total. The van der Waals surface area contributed by atoms with Crippen LogP contribution in [-0.2, 0) is 0 Å². The van der Waals surface area contributed by atoms with Gasteiger partial charge in [-0.1, -0.05) is 115 Å². The van der Waals surface area contributed by atoms with Crippen molar-refractivity contribution in [2.24, 2.45) is 0 Å². The zero-order valence-corrected chi connectivity index (χ0v) is 26.5. The minimum Gasteiger partial charge on any atom is -0.278 e. The van der Waals surface area contributed by atoms with Gasteiger partial charge in [0, 0.05) is 42.1 Å². The van der Waals surface area contributed by atoms with Crippen LogP contribution in [0.3, 0.4) is 0 Å². The lowest BCUT2D eigenvalue weighted by molar-refractivity contribution is 0.954. The van der Waals surface area contributed by atoms with E-state index in [0.717, 1.165) is 33.3 Å². The SMILES string of the molecule is c1ccc(-c2cccc(-c3nc(-c4ccc5sc6ccccc6c5c4)nc(-n4c5ccccc5c5c6ccccc6ccc54)n3)c2)cc1. The molecule has 7 aromatic carbocycles. The van der Waals surface area contributed by atoms with Crippen LogP contribution in [0.1, 0.15) is 0 Å². The Morgan fingerprint density at radius 2 is 1.06 bits per heavy atom. The molecule has 224 valence electrons. The van der Waals surface area contributed by atoms with E-state index in [0.29, 0.717) is 17.6 Å². The van der Waals surface area contributed by atoms with E-state index in [1.807, 2.05) is 17.4 Å². The number of nitrogens with zero attached hydrogens (tertiary/aromatic N) is 4. The highest BCUT2D eigenvalue weighted by Crippen LogP contribution is 2.38. The van der Waals surface area contributed by atoms with Crippen LogP contribution < -0.4 is 0 Å². The van der Waals surface area contributed by atoms with Crippen molar-refractivity contribution in [2.45, 2.75) is 0 Å². The average molecular weight is 631 g/mol. The molecule has 0 saturated heterocycles. The summed E-state index contributed by atoms with van der Waals surface area (Å²) in [5, 5.41) is 7.25. The molecular weight excluding hydrogens is 605 g/mol. The first-order valence-corrected chi connectivity index (χ1v) is 16.9. The molecule has 10 aromatic rings. The summed E-state index contributed by atoms with van der Waals surface area (Å²) in [5.41, 5.74) is 6.29. The van der Waals surface area contributed by atoms with Crippen molar-refractivity contribution in [1.29, 1.82) is 0 Å². The van der Waals surface area contributed by atoms with E-state index >= 15 is 0 Å². The topological polar surface area (TPSA) is 43.6 Å². The second kappa shape index (κ2) is 10.7. The summed E-state index contributed by atoms with van der Waals surface area (Å²) in [4.78, 5) is 15.6. The van der Waals surface area contributed by atoms with E-state index in [2.05, 4.69) is 156 Å². The minimum absolute atomic E-state index is 0.594. The predicted molar refractivity (Wildman–Crippen MR) is 201 cm³/mol. The van der Waals surface area contributed by atoms with Crippen LogP contribution in [0.5, 0.6) is 0 Å². The molecule has 0 amide bonds. The highest BCUT2D eigenvalue weighted by molar-refractivity contribution is 7.25. The summed E-state index contributed by atoms with van der Waals surface area (Å²) in [5.74, 6) is 1.87. The van der Waals surface area contributed by atoms with E-state index in [9.17, 15) is 0 Å². The lowest BCUT2D eigenvalue weighted by Crippen LogP contribution is -2.06. The number of hydrogen-bond acceptors (Lipinski definition) is 4. The number of benzene rings is 7. The minimum atomic E-state index is 0.594. The zero-order chi connectivity index (χ0) is 31.6. The average Bonchev–Trinajstić information content (AvgIpc) is 3.71. The number of para-hydroxylation sites is 1. The van der Waals surface area contributed by atoms with Gasteiger partial charge in [0.2, 0.25) is 5.95 Å². The zero-order valence-electron chi connectivity index (χ0n) is 25.7. The molecule has 10 rings (SSSR count). The summed E-state index contributed by atoms with van der Waals surface area (Å²) in [6.07, 6.45) is 0. The van der Waals surface area contributed by atoms with E-state index in [-0.39, 0.29) is 0 Å². The van der Waals surface area contributed by atoms with Gasteiger partial charge in [0.25, 0.3) is 0 Å². The Balaban J connectivity index is 1.26. The Labute approximate surface area is 280 Å². The summed E-state index contributed by atoms with van der Waals surface area (Å²) in [6, 6.07) is 55.6. The largest absolute Gasteiger partial charge is 0.278 e. The molecule has 0 aliphatic rings. The fourth-order valence-corrected chi connectivity index (χ4v) is 8.10. The quantitative estimate of drug-likeness (QED) is 0.194. The predicted octanol–water partition coefficient (Wildman–Crippen LogP) is 11.5. The molecule has 5 heteroatoms. The normalized spacial score (nSPS) is 11.8. The van der Waals surface area contributed by atoms with Crippen molar-refractivity contribution in [3.63, 3.8) is 0 Å². The van der Waals surface area contributed by atoms with Gasteiger partial charge in [-0.2, -0.15) is 9.97 Å². The first kappa shape index (κ1) is 27.0. The van der Waals surface area contributed by atoms with Gasteiger partial charge in [0.15, 0.2) is 11.6 Å². The number of rotatable bonds is 4. The van der Waals surface area contributed by atoms with E-state index in [1.165, 1.54) is 41.7 Å². The molecule has 3 heterocycles. The van der Waals surface area contributed by atoms with Gasteiger partial charge >= 0.3 is 0 Å². The molecule has 0 aliphatic heterocycles. The molecule has 0 radical (unpaired) electrons. The maximum atomic E-state index is 5.25. The van der Waals surface area contributed by atoms with Crippen LogP contribution in [0.25, 0.3) is 92.6 Å². The van der Waals surface area contributed by atoms with Crippen molar-refractivity contribution < 1.29 is 0 Å². The maximum Gasteiger partial charge on any atom is 0.238 e. The molecule has 4 nitrogen and oxygen atoms in total. The fourth-order valence-electron chi connectivity index (χ4n) is 7.01. The molecule has 48 heavy (non-hydrogen) atoms. The second-order valence-corrected chi connectivity index (χ2v) is 13.2. The third-order valence-electron chi connectivity index (χ3n) is 9.25. The Kier molecular flexibility index (Phi) is 6.01. The van der Waals surface area contributed by atoms with Gasteiger partial charge in [-0.15, -0.1) is 11.3 Å². The highest BCUT2D eigenvalue weighted by Gasteiger charge is 2.19. The highest BCUT2D eigenvalue weighted by atomic mass is 32.1. The summed E-state index contributed by atoms with van der Waals surface area (Å²) < 4.78 is 4.72. The van der Waals surface area contributed by atoms with E-state index in [1.54, 1.807) is 0 Å². The standard InChI is InChI=1S/C43H26N4S/c1-2-11-27(12-3-1)29-14-10-15-30(25-29)41-44-42(31-22-24-39-35(26-31)33-17-7-9-20-38(33)48-39)46-43(45-41)47-36-19-8-6-18-34(36)40-32-16-5-4-13-28(32)21-23-37(40)47/h1-26H. The molecular formula is C43H26N4S. The summed E-state index contributed by atoms with van der Waals surface area (Å²) >= 11 is 1.81. The van der Waals surface area contributed by atoms with Gasteiger partial charge in [-0.05, 0) is 64.4 Å². The van der Waals surface area contributed by atoms with Crippen molar-refractivity contribution in [3.8, 4) is 39.9 Å². The Hall–Kier alpha value is -6.17. The molecule has 0 spiro atoms. The first-order chi connectivity index (χ1) is 23.8. The van der Waals surface area contributed by atoms with Gasteiger partial charge in [-0.3, -0.25) is 4.57 Å². The van der Waals surface area contributed by atoms with Crippen LogP contribution in [0, 0.1) is 0 Å². The van der Waals surface area contributed by atoms with E-state index < -0.39 is 0 Å². The number of aromatic nitrogens is 4. The monoisotopic (exact) mass is 630 g/mol. The van der Waals surface area contributed by atoms with Crippen molar-refractivity contribution in [1.82, 2.24) is 19.5 Å². The van der Waals surface area contributed by atoms with Crippen molar-refractivity contribution in [3.05, 3.63) is 158 Å². The van der Waals surface area contributed by atoms with Gasteiger partial charge < -0.3 is 0 Å². The maximum absolute atomic E-state index is 5.25. The lowest BCUT2D eigenvalue weighted by Gasteiger charge is -2.12. The molecule has 0 saturated carbocycles. The van der Waals surface area contributed by atoms with Gasteiger partial charge in [0.05, 0.1) is 11.0 Å². The van der Waals surface area contributed by atoms with Crippen LogP contribution in [0.4, 0.5) is 0 Å². The Morgan fingerprint density at radius 3 is 1.94 bits per heavy atom. The number of thiophene rings is 1. The van der Waals surface area contributed by atoms with Crippen LogP contribution >= 0.6 is 11.3 Å². The third-order valence-corrected chi connectivity index (χ3v) is 10.4. The molecule has 3 aromatic heterocycles. The van der Waals surface area contributed by atoms with Gasteiger partial charge in [-0.25, -0.2) is 4.98 Å². The van der Waals surface area contributed by atoms with Crippen LogP contribution in [0.2, 0.25) is 0 Å².